The second-order valence-corrected chi connectivity index (χ2v) is 0.773. The second kappa shape index (κ2) is 4.10. The minimum absolute atomic E-state index is 0.728. The highest BCUT2D eigenvalue weighted by atomic mass is 19.3. The van der Waals surface area contributed by atoms with Gasteiger partial charge in [-0.2, -0.15) is 13.9 Å². The number of alkyl halides is 2. The largest absolute Gasteiger partial charge is 0.348 e. The molecule has 0 aromatic rings. The third kappa shape index (κ3) is 4.93. The van der Waals surface area contributed by atoms with Crippen LogP contribution in [0.4, 0.5) is 8.78 Å². The third-order valence-electron chi connectivity index (χ3n) is 0.272. The van der Waals surface area contributed by atoms with Gasteiger partial charge in [0.15, 0.2) is 6.34 Å². The summed E-state index contributed by atoms with van der Waals surface area (Å²) in [6.45, 7) is -2.78. The molecule has 0 unspecified atom stereocenters. The van der Waals surface area contributed by atoms with Gasteiger partial charge in [-0.1, -0.05) is 0 Å². The van der Waals surface area contributed by atoms with E-state index in [1.54, 1.807) is 0 Å². The third-order valence-corrected chi connectivity index (χ3v) is 0.272. The Kier molecular flexibility index (Phi) is 3.55. The molecule has 0 bridgehead atoms. The summed E-state index contributed by atoms with van der Waals surface area (Å²) in [6, 6.07) is 0. The number of hydrogen-bond acceptors (Lipinski definition) is 3. The quantitative estimate of drug-likeness (QED) is 0.143. The number of azo groups is 1. The molecule has 0 amide bonds. The van der Waals surface area contributed by atoms with Gasteiger partial charge in [0, 0.05) is 0 Å². The van der Waals surface area contributed by atoms with E-state index in [1.165, 1.54) is 0 Å². The van der Waals surface area contributed by atoms with Crippen LogP contribution in [0.5, 0.6) is 0 Å². The lowest BCUT2D eigenvalue weighted by atomic mass is 11.3. The summed E-state index contributed by atoms with van der Waals surface area (Å²) >= 11 is 0. The number of halogens is 2. The normalized spacial score (nSPS) is 12.4. The van der Waals surface area contributed by atoms with Crippen molar-refractivity contribution in [3.63, 3.8) is 0 Å². The molecule has 0 fully saturated rings. The molecule has 0 aromatic heterocycles. The Morgan fingerprint density at radius 3 is 2.50 bits per heavy atom. The van der Waals surface area contributed by atoms with E-state index in [0.717, 1.165) is 6.34 Å². The summed E-state index contributed by atoms with van der Waals surface area (Å²) in [4.78, 5) is 0. The number of hydrazone groups is 1. The van der Waals surface area contributed by atoms with Crippen molar-refractivity contribution in [2.75, 3.05) is 0 Å². The fourth-order valence-electron chi connectivity index (χ4n) is 0.110. The molecule has 0 saturated heterocycles. The molecule has 0 aliphatic rings. The van der Waals surface area contributed by atoms with Crippen LogP contribution < -0.4 is 5.84 Å². The zero-order chi connectivity index (χ0) is 6.41. The van der Waals surface area contributed by atoms with Gasteiger partial charge in [-0.15, -0.1) is 10.2 Å². The number of nitrogens with two attached hydrogens (primary N) is 1. The van der Waals surface area contributed by atoms with E-state index in [0.29, 0.717) is 0 Å². The van der Waals surface area contributed by atoms with Gasteiger partial charge in [-0.05, 0) is 0 Å². The van der Waals surface area contributed by atoms with Crippen LogP contribution in [0.2, 0.25) is 0 Å². The van der Waals surface area contributed by atoms with Gasteiger partial charge >= 0.3 is 6.55 Å². The molecule has 46 valence electrons. The highest BCUT2D eigenvalue weighted by Crippen LogP contribution is 1.91. The Morgan fingerprint density at radius 1 is 1.50 bits per heavy atom. The maximum atomic E-state index is 11.0. The SMILES string of the molecule is NN=CN=NC(F)F. The summed E-state index contributed by atoms with van der Waals surface area (Å²) in [6.07, 6.45) is 0.728. The fraction of sp³-hybridized carbons (Fsp3) is 0.500. The van der Waals surface area contributed by atoms with Gasteiger partial charge in [0.05, 0.1) is 0 Å². The van der Waals surface area contributed by atoms with Crippen LogP contribution in [0, 0.1) is 0 Å². The maximum absolute atomic E-state index is 11.0. The van der Waals surface area contributed by atoms with E-state index in [-0.39, 0.29) is 0 Å². The molecular formula is C2H4F2N4. The minimum Gasteiger partial charge on any atom is -0.322 e. The smallest absolute Gasteiger partial charge is 0.322 e. The van der Waals surface area contributed by atoms with E-state index in [1.807, 2.05) is 0 Å². The second-order valence-electron chi connectivity index (χ2n) is 0.773. The van der Waals surface area contributed by atoms with Gasteiger partial charge in [-0.3, -0.25) is 0 Å². The molecular weight excluding hydrogens is 118 g/mol. The highest BCUT2D eigenvalue weighted by Gasteiger charge is 1.91. The number of nitrogens with zero attached hydrogens (tertiary/aromatic N) is 3. The van der Waals surface area contributed by atoms with Crippen LogP contribution in [0.3, 0.4) is 0 Å². The first-order valence-corrected chi connectivity index (χ1v) is 1.67. The van der Waals surface area contributed by atoms with E-state index < -0.39 is 6.55 Å². The van der Waals surface area contributed by atoms with E-state index in [4.69, 9.17) is 0 Å². The molecule has 0 aliphatic heterocycles. The lowest BCUT2D eigenvalue weighted by Gasteiger charge is -1.78. The summed E-state index contributed by atoms with van der Waals surface area (Å²) in [5, 5.41) is 7.91. The summed E-state index contributed by atoms with van der Waals surface area (Å²) < 4.78 is 22.0. The van der Waals surface area contributed by atoms with E-state index in [2.05, 4.69) is 21.2 Å². The molecule has 6 heteroatoms. The Bertz CT molecular complexity index is 98.2. The Morgan fingerprint density at radius 2 is 2.12 bits per heavy atom. The first-order valence-electron chi connectivity index (χ1n) is 1.67. The number of rotatable bonds is 2. The molecule has 0 rings (SSSR count). The standard InChI is InChI=1S/C2H4F2N4/c3-2(4)8-7-1-6-5/h1-2H,5H2. The lowest BCUT2D eigenvalue weighted by Crippen LogP contribution is -1.81. The lowest BCUT2D eigenvalue weighted by molar-refractivity contribution is 0.152. The van der Waals surface area contributed by atoms with Gasteiger partial charge in [0.1, 0.15) is 0 Å². The van der Waals surface area contributed by atoms with Crippen LogP contribution in [-0.4, -0.2) is 12.9 Å². The van der Waals surface area contributed by atoms with Crippen LogP contribution in [-0.2, 0) is 0 Å². The fourth-order valence-corrected chi connectivity index (χ4v) is 0.110. The van der Waals surface area contributed by atoms with Gasteiger partial charge < -0.3 is 5.84 Å². The van der Waals surface area contributed by atoms with Crippen LogP contribution in [0.25, 0.3) is 0 Å². The van der Waals surface area contributed by atoms with Crippen LogP contribution >= 0.6 is 0 Å². The van der Waals surface area contributed by atoms with E-state index >= 15 is 0 Å². The van der Waals surface area contributed by atoms with Crippen molar-refractivity contribution in [3.05, 3.63) is 0 Å². The first-order chi connectivity index (χ1) is 3.77. The summed E-state index contributed by atoms with van der Waals surface area (Å²) in [5.74, 6) is 4.49. The van der Waals surface area contributed by atoms with Crippen LogP contribution in [0.1, 0.15) is 0 Å². The van der Waals surface area contributed by atoms with Crippen molar-refractivity contribution >= 4 is 6.34 Å². The van der Waals surface area contributed by atoms with Crippen molar-refractivity contribution in [3.8, 4) is 0 Å². The van der Waals surface area contributed by atoms with Crippen molar-refractivity contribution < 1.29 is 8.78 Å². The van der Waals surface area contributed by atoms with Crippen molar-refractivity contribution in [1.82, 2.24) is 0 Å². The zero-order valence-corrected chi connectivity index (χ0v) is 3.83. The Hall–Kier alpha value is -1.07. The topological polar surface area (TPSA) is 63.1 Å². The van der Waals surface area contributed by atoms with Crippen molar-refractivity contribution in [1.29, 1.82) is 0 Å². The molecule has 0 radical (unpaired) electrons. The van der Waals surface area contributed by atoms with Gasteiger partial charge in [-0.25, -0.2) is 0 Å². The molecule has 2 N–H and O–H groups in total. The molecule has 0 spiro atoms. The predicted octanol–water partition coefficient (Wildman–Crippen LogP) is 0.563. The molecule has 0 aliphatic carbocycles. The molecule has 0 saturated carbocycles. The highest BCUT2D eigenvalue weighted by molar-refractivity contribution is 5.53. The summed E-state index contributed by atoms with van der Waals surface area (Å²) in [7, 11) is 0. The van der Waals surface area contributed by atoms with Crippen LogP contribution in [0.15, 0.2) is 15.3 Å². The van der Waals surface area contributed by atoms with Crippen molar-refractivity contribution in [2.45, 2.75) is 6.55 Å². The van der Waals surface area contributed by atoms with Crippen molar-refractivity contribution in [2.24, 2.45) is 21.2 Å². The molecule has 0 aromatic carbocycles. The monoisotopic (exact) mass is 122 g/mol. The Labute approximate surface area is 44.1 Å². The number of hydrogen-bond donors (Lipinski definition) is 1. The molecule has 8 heavy (non-hydrogen) atoms. The maximum Gasteiger partial charge on any atom is 0.348 e. The average molecular weight is 122 g/mol. The molecule has 0 heterocycles. The first kappa shape index (κ1) is 6.93. The predicted molar refractivity (Wildman–Crippen MR) is 23.5 cm³/mol. The summed E-state index contributed by atoms with van der Waals surface area (Å²) in [5.41, 5.74) is 0. The Balaban J connectivity index is 3.34. The van der Waals surface area contributed by atoms with Gasteiger partial charge in [0.25, 0.3) is 0 Å². The molecule has 4 nitrogen and oxygen atoms in total. The minimum atomic E-state index is -2.78. The zero-order valence-electron chi connectivity index (χ0n) is 3.83. The average Bonchev–Trinajstić information content (AvgIpc) is 1.66. The van der Waals surface area contributed by atoms with E-state index in [9.17, 15) is 8.78 Å². The molecule has 0 atom stereocenters. The van der Waals surface area contributed by atoms with Gasteiger partial charge in [0.2, 0.25) is 0 Å².